The first-order chi connectivity index (χ1) is 9.63. The zero-order valence-corrected chi connectivity index (χ0v) is 12.7. The molecule has 1 atom stereocenters. The number of oxazole rings is 1. The largest absolute Gasteiger partial charge is 0.441 e. The van der Waals surface area contributed by atoms with E-state index in [4.69, 9.17) is 16.0 Å². The van der Waals surface area contributed by atoms with Crippen LogP contribution in [0.25, 0.3) is 11.1 Å². The van der Waals surface area contributed by atoms with Crippen LogP contribution in [0.5, 0.6) is 0 Å². The standard InChI is InChI=1S/C15H10BrClFNO/c16-10-6-5-9(7-12(10)18)11(17)8-15-19-13-3-1-2-4-14(13)20-15/h1-7,11H,8H2. The fourth-order valence-electron chi connectivity index (χ4n) is 1.99. The van der Waals surface area contributed by atoms with Crippen LogP contribution in [0.4, 0.5) is 4.39 Å². The lowest BCUT2D eigenvalue weighted by Gasteiger charge is -2.08. The zero-order valence-electron chi connectivity index (χ0n) is 10.3. The van der Waals surface area contributed by atoms with E-state index in [1.54, 1.807) is 12.1 Å². The molecule has 0 bridgehead atoms. The van der Waals surface area contributed by atoms with E-state index in [9.17, 15) is 4.39 Å². The van der Waals surface area contributed by atoms with Crippen LogP contribution < -0.4 is 0 Å². The summed E-state index contributed by atoms with van der Waals surface area (Å²) in [5.41, 5.74) is 2.23. The first-order valence-electron chi connectivity index (χ1n) is 6.07. The third kappa shape index (κ3) is 2.72. The number of para-hydroxylation sites is 2. The minimum Gasteiger partial charge on any atom is -0.441 e. The van der Waals surface area contributed by atoms with Gasteiger partial charge < -0.3 is 4.42 Å². The molecular weight excluding hydrogens is 345 g/mol. The summed E-state index contributed by atoms with van der Waals surface area (Å²) in [7, 11) is 0. The Balaban J connectivity index is 1.84. The summed E-state index contributed by atoms with van der Waals surface area (Å²) in [5.74, 6) is 0.222. The lowest BCUT2D eigenvalue weighted by atomic mass is 10.1. The number of alkyl halides is 1. The number of aromatic nitrogens is 1. The summed E-state index contributed by atoms with van der Waals surface area (Å²) in [6, 6.07) is 12.4. The molecule has 3 aromatic rings. The summed E-state index contributed by atoms with van der Waals surface area (Å²) >= 11 is 9.43. The fraction of sp³-hybridized carbons (Fsp3) is 0.133. The maximum absolute atomic E-state index is 13.5. The van der Waals surface area contributed by atoms with E-state index in [0.717, 1.165) is 11.1 Å². The van der Waals surface area contributed by atoms with Crippen molar-refractivity contribution in [3.05, 3.63) is 64.2 Å². The SMILES string of the molecule is Fc1cc(C(Cl)Cc2nc3ccccc3o2)ccc1Br. The van der Waals surface area contributed by atoms with Gasteiger partial charge in [-0.2, -0.15) is 0 Å². The molecule has 0 fully saturated rings. The van der Waals surface area contributed by atoms with Crippen LogP contribution in [0, 0.1) is 5.82 Å². The summed E-state index contributed by atoms with van der Waals surface area (Å²) in [5, 5.41) is -0.384. The quantitative estimate of drug-likeness (QED) is 0.600. The third-order valence-electron chi connectivity index (χ3n) is 3.00. The third-order valence-corrected chi connectivity index (χ3v) is 4.05. The van der Waals surface area contributed by atoms with E-state index in [1.807, 2.05) is 24.3 Å². The zero-order chi connectivity index (χ0) is 14.1. The van der Waals surface area contributed by atoms with Crippen molar-refractivity contribution in [1.29, 1.82) is 0 Å². The molecule has 1 aromatic heterocycles. The maximum Gasteiger partial charge on any atom is 0.197 e. The van der Waals surface area contributed by atoms with Crippen LogP contribution in [0.15, 0.2) is 51.4 Å². The Hall–Kier alpha value is -1.39. The second-order valence-corrected chi connectivity index (χ2v) is 5.80. The predicted octanol–water partition coefficient (Wildman–Crippen LogP) is 5.25. The van der Waals surface area contributed by atoms with Crippen LogP contribution in [-0.4, -0.2) is 4.98 Å². The molecular formula is C15H10BrClFNO. The maximum atomic E-state index is 13.5. The number of nitrogens with zero attached hydrogens (tertiary/aromatic N) is 1. The van der Waals surface area contributed by atoms with Crippen LogP contribution in [0.3, 0.4) is 0 Å². The summed E-state index contributed by atoms with van der Waals surface area (Å²) < 4.78 is 19.5. The molecule has 20 heavy (non-hydrogen) atoms. The van der Waals surface area contributed by atoms with Crippen LogP contribution in [0.2, 0.25) is 0 Å². The van der Waals surface area contributed by atoms with Gasteiger partial charge in [0.25, 0.3) is 0 Å². The Labute approximate surface area is 128 Å². The number of rotatable bonds is 3. The molecule has 5 heteroatoms. The molecule has 1 heterocycles. The van der Waals surface area contributed by atoms with Crippen molar-refractivity contribution in [2.45, 2.75) is 11.8 Å². The molecule has 2 aromatic carbocycles. The average molecular weight is 355 g/mol. The normalized spacial score (nSPS) is 12.8. The number of halogens is 3. The van der Waals surface area contributed by atoms with Crippen LogP contribution in [0.1, 0.15) is 16.8 Å². The Morgan fingerprint density at radius 2 is 2.05 bits per heavy atom. The molecule has 0 aliphatic heterocycles. The number of fused-ring (bicyclic) bond motifs is 1. The van der Waals surface area contributed by atoms with Crippen molar-refractivity contribution < 1.29 is 8.81 Å². The molecule has 0 saturated heterocycles. The molecule has 1 unspecified atom stereocenters. The van der Waals surface area contributed by atoms with Gasteiger partial charge in [-0.15, -0.1) is 11.6 Å². The van der Waals surface area contributed by atoms with Gasteiger partial charge >= 0.3 is 0 Å². The molecule has 102 valence electrons. The summed E-state index contributed by atoms with van der Waals surface area (Å²) in [6.07, 6.45) is 0.414. The number of benzene rings is 2. The van der Waals surface area contributed by atoms with Gasteiger partial charge in [0.2, 0.25) is 0 Å². The molecule has 2 nitrogen and oxygen atoms in total. The van der Waals surface area contributed by atoms with E-state index in [0.29, 0.717) is 22.3 Å². The molecule has 0 aliphatic carbocycles. The van der Waals surface area contributed by atoms with Crippen molar-refractivity contribution in [1.82, 2.24) is 4.98 Å². The van der Waals surface area contributed by atoms with Gasteiger partial charge in [0.05, 0.1) is 9.85 Å². The Kier molecular flexibility index (Phi) is 3.76. The van der Waals surface area contributed by atoms with E-state index < -0.39 is 0 Å². The average Bonchev–Trinajstić information content (AvgIpc) is 2.83. The lowest BCUT2D eigenvalue weighted by Crippen LogP contribution is -1.97. The second-order valence-electron chi connectivity index (χ2n) is 4.42. The molecule has 0 aliphatic rings. The predicted molar refractivity (Wildman–Crippen MR) is 80.4 cm³/mol. The van der Waals surface area contributed by atoms with E-state index in [2.05, 4.69) is 20.9 Å². The highest BCUT2D eigenvalue weighted by Gasteiger charge is 2.15. The van der Waals surface area contributed by atoms with E-state index in [1.165, 1.54) is 6.07 Å². The first kappa shape index (κ1) is 13.6. The summed E-state index contributed by atoms with van der Waals surface area (Å²) in [4.78, 5) is 4.36. The van der Waals surface area contributed by atoms with Gasteiger partial charge in [-0.05, 0) is 45.8 Å². The van der Waals surface area contributed by atoms with Crippen molar-refractivity contribution in [2.24, 2.45) is 0 Å². The second kappa shape index (κ2) is 5.54. The van der Waals surface area contributed by atoms with E-state index >= 15 is 0 Å². The Morgan fingerprint density at radius 3 is 2.80 bits per heavy atom. The number of hydrogen-bond donors (Lipinski definition) is 0. The minimum atomic E-state index is -0.384. The smallest absolute Gasteiger partial charge is 0.197 e. The van der Waals surface area contributed by atoms with Gasteiger partial charge in [-0.3, -0.25) is 0 Å². The van der Waals surface area contributed by atoms with Crippen molar-refractivity contribution >= 4 is 38.6 Å². The Morgan fingerprint density at radius 1 is 1.25 bits per heavy atom. The highest BCUT2D eigenvalue weighted by Crippen LogP contribution is 2.28. The highest BCUT2D eigenvalue weighted by atomic mass is 79.9. The molecule has 0 spiro atoms. The van der Waals surface area contributed by atoms with Gasteiger partial charge in [0.15, 0.2) is 11.5 Å². The molecule has 0 N–H and O–H groups in total. The van der Waals surface area contributed by atoms with Gasteiger partial charge in [-0.1, -0.05) is 18.2 Å². The fourth-order valence-corrected chi connectivity index (χ4v) is 2.50. The summed E-state index contributed by atoms with van der Waals surface area (Å²) in [6.45, 7) is 0. The molecule has 0 amide bonds. The van der Waals surface area contributed by atoms with Crippen molar-refractivity contribution in [2.75, 3.05) is 0 Å². The van der Waals surface area contributed by atoms with E-state index in [-0.39, 0.29) is 11.2 Å². The Bertz CT molecular complexity index is 725. The molecule has 3 rings (SSSR count). The van der Waals surface area contributed by atoms with Crippen molar-refractivity contribution in [3.63, 3.8) is 0 Å². The lowest BCUT2D eigenvalue weighted by molar-refractivity contribution is 0.524. The first-order valence-corrected chi connectivity index (χ1v) is 7.30. The van der Waals surface area contributed by atoms with Crippen LogP contribution in [-0.2, 0) is 6.42 Å². The van der Waals surface area contributed by atoms with Crippen molar-refractivity contribution in [3.8, 4) is 0 Å². The van der Waals surface area contributed by atoms with Gasteiger partial charge in [0, 0.05) is 6.42 Å². The monoisotopic (exact) mass is 353 g/mol. The minimum absolute atomic E-state index is 0.328. The highest BCUT2D eigenvalue weighted by molar-refractivity contribution is 9.10. The van der Waals surface area contributed by atoms with Gasteiger partial charge in [-0.25, -0.2) is 9.37 Å². The molecule has 0 radical (unpaired) electrons. The molecule has 0 saturated carbocycles. The van der Waals surface area contributed by atoms with Gasteiger partial charge in [0.1, 0.15) is 11.3 Å². The number of hydrogen-bond acceptors (Lipinski definition) is 2. The van der Waals surface area contributed by atoms with Crippen LogP contribution >= 0.6 is 27.5 Å². The topological polar surface area (TPSA) is 26.0 Å².